The molecule has 0 heterocycles. The topological polar surface area (TPSA) is 18.5 Å². The molecule has 4 heteroatoms. The third-order valence-corrected chi connectivity index (χ3v) is 3.80. The molecule has 0 radical (unpaired) electrons. The van der Waals surface area contributed by atoms with E-state index in [-0.39, 0.29) is 5.82 Å². The van der Waals surface area contributed by atoms with Crippen LogP contribution in [-0.4, -0.2) is 6.61 Å². The number of ether oxygens (including phenoxy) is 2. The normalized spacial score (nSPS) is 10.5. The molecule has 2 rings (SSSR count). The van der Waals surface area contributed by atoms with Crippen LogP contribution in [0.2, 0.25) is 0 Å². The number of rotatable bonds is 6. The quantitative estimate of drug-likeness (QED) is 0.680. The lowest BCUT2D eigenvalue weighted by molar-refractivity contribution is 0.268. The number of aryl methyl sites for hydroxylation is 1. The zero-order valence-corrected chi connectivity index (χ0v) is 13.7. The largest absolute Gasteiger partial charge is 0.490 e. The van der Waals surface area contributed by atoms with Gasteiger partial charge < -0.3 is 9.47 Å². The highest BCUT2D eigenvalue weighted by atomic mass is 79.9. The molecule has 2 aromatic rings. The predicted octanol–water partition coefficient (Wildman–Crippen LogP) is 5.01. The standard InChI is InChI=1S/C17H18BrFO2/c1-3-20-17-9-13(10-18)4-7-16(17)21-11-14-5-6-15(19)8-12(14)2/h4-9H,3,10-11H2,1-2H3. The van der Waals surface area contributed by atoms with Crippen molar-refractivity contribution in [1.29, 1.82) is 0 Å². The second-order valence-corrected chi connectivity index (χ2v) is 5.27. The summed E-state index contributed by atoms with van der Waals surface area (Å²) in [6.07, 6.45) is 0. The van der Waals surface area contributed by atoms with Crippen LogP contribution in [0.4, 0.5) is 4.39 Å². The number of benzene rings is 2. The Bertz CT molecular complexity index is 614. The summed E-state index contributed by atoms with van der Waals surface area (Å²) in [6, 6.07) is 10.6. The molecule has 2 nitrogen and oxygen atoms in total. The molecule has 0 aliphatic heterocycles. The molecule has 0 aliphatic carbocycles. The second kappa shape index (κ2) is 7.46. The van der Waals surface area contributed by atoms with E-state index in [2.05, 4.69) is 15.9 Å². The van der Waals surface area contributed by atoms with Crippen LogP contribution in [0.3, 0.4) is 0 Å². The second-order valence-electron chi connectivity index (χ2n) is 4.71. The predicted molar refractivity (Wildman–Crippen MR) is 85.7 cm³/mol. The Morgan fingerprint density at radius 3 is 2.52 bits per heavy atom. The molecule has 0 fully saturated rings. The lowest BCUT2D eigenvalue weighted by atomic mass is 10.1. The molecule has 0 N–H and O–H groups in total. The van der Waals surface area contributed by atoms with Gasteiger partial charge in [-0.05, 0) is 54.8 Å². The van der Waals surface area contributed by atoms with Crippen LogP contribution in [0, 0.1) is 12.7 Å². The van der Waals surface area contributed by atoms with Gasteiger partial charge >= 0.3 is 0 Å². The lowest BCUT2D eigenvalue weighted by Gasteiger charge is -2.14. The molecule has 0 saturated heterocycles. The summed E-state index contributed by atoms with van der Waals surface area (Å²) in [7, 11) is 0. The van der Waals surface area contributed by atoms with Gasteiger partial charge in [0.2, 0.25) is 0 Å². The zero-order valence-electron chi connectivity index (χ0n) is 12.2. The monoisotopic (exact) mass is 352 g/mol. The van der Waals surface area contributed by atoms with Gasteiger partial charge in [-0.25, -0.2) is 4.39 Å². The van der Waals surface area contributed by atoms with Gasteiger partial charge in [0, 0.05) is 5.33 Å². The smallest absolute Gasteiger partial charge is 0.161 e. The van der Waals surface area contributed by atoms with Crippen molar-refractivity contribution >= 4 is 15.9 Å². The van der Waals surface area contributed by atoms with E-state index in [1.807, 2.05) is 32.0 Å². The van der Waals surface area contributed by atoms with E-state index in [4.69, 9.17) is 9.47 Å². The lowest BCUT2D eigenvalue weighted by Crippen LogP contribution is -2.01. The van der Waals surface area contributed by atoms with Crippen molar-refractivity contribution in [2.45, 2.75) is 25.8 Å². The van der Waals surface area contributed by atoms with Crippen molar-refractivity contribution in [1.82, 2.24) is 0 Å². The molecule has 21 heavy (non-hydrogen) atoms. The van der Waals surface area contributed by atoms with Gasteiger partial charge in [0.1, 0.15) is 12.4 Å². The summed E-state index contributed by atoms with van der Waals surface area (Å²) >= 11 is 3.43. The van der Waals surface area contributed by atoms with Gasteiger partial charge in [-0.15, -0.1) is 0 Å². The van der Waals surface area contributed by atoms with Gasteiger partial charge in [-0.2, -0.15) is 0 Å². The minimum atomic E-state index is -0.229. The first-order valence-electron chi connectivity index (χ1n) is 6.83. The highest BCUT2D eigenvalue weighted by Crippen LogP contribution is 2.30. The van der Waals surface area contributed by atoms with Crippen molar-refractivity contribution in [3.63, 3.8) is 0 Å². The van der Waals surface area contributed by atoms with Gasteiger partial charge in [0.15, 0.2) is 11.5 Å². The molecule has 0 bridgehead atoms. The SMILES string of the molecule is CCOc1cc(CBr)ccc1OCc1ccc(F)cc1C. The summed E-state index contributed by atoms with van der Waals surface area (Å²) in [5, 5.41) is 0.768. The summed E-state index contributed by atoms with van der Waals surface area (Å²) in [5.74, 6) is 1.20. The van der Waals surface area contributed by atoms with Crippen molar-refractivity contribution in [3.8, 4) is 11.5 Å². The highest BCUT2D eigenvalue weighted by molar-refractivity contribution is 9.08. The van der Waals surface area contributed by atoms with Crippen molar-refractivity contribution < 1.29 is 13.9 Å². The molecule has 2 aromatic carbocycles. The molecular formula is C17H18BrFO2. The van der Waals surface area contributed by atoms with Gasteiger partial charge in [-0.1, -0.05) is 28.1 Å². The molecular weight excluding hydrogens is 335 g/mol. The van der Waals surface area contributed by atoms with Gasteiger partial charge in [0.05, 0.1) is 6.61 Å². The van der Waals surface area contributed by atoms with Crippen LogP contribution in [0.1, 0.15) is 23.6 Å². The maximum absolute atomic E-state index is 13.1. The van der Waals surface area contributed by atoms with Crippen LogP contribution < -0.4 is 9.47 Å². The van der Waals surface area contributed by atoms with E-state index in [1.165, 1.54) is 12.1 Å². The van der Waals surface area contributed by atoms with Crippen LogP contribution in [-0.2, 0) is 11.9 Å². The molecule has 0 amide bonds. The number of halogens is 2. The Kier molecular flexibility index (Phi) is 5.62. The first-order valence-corrected chi connectivity index (χ1v) is 7.95. The third kappa shape index (κ3) is 4.21. The zero-order chi connectivity index (χ0) is 15.2. The van der Waals surface area contributed by atoms with Crippen LogP contribution in [0.15, 0.2) is 36.4 Å². The van der Waals surface area contributed by atoms with Crippen LogP contribution in [0.25, 0.3) is 0 Å². The Labute approximate surface area is 133 Å². The molecule has 0 spiro atoms. The summed E-state index contributed by atoms with van der Waals surface area (Å²) < 4.78 is 24.5. The van der Waals surface area contributed by atoms with E-state index < -0.39 is 0 Å². The first-order chi connectivity index (χ1) is 10.1. The fourth-order valence-electron chi connectivity index (χ4n) is 2.00. The Balaban J connectivity index is 2.15. The number of alkyl halides is 1. The maximum Gasteiger partial charge on any atom is 0.161 e. The first kappa shape index (κ1) is 15.8. The Morgan fingerprint density at radius 1 is 1.05 bits per heavy atom. The van der Waals surface area contributed by atoms with E-state index in [0.29, 0.717) is 19.0 Å². The molecule has 0 aromatic heterocycles. The van der Waals surface area contributed by atoms with Gasteiger partial charge in [0.25, 0.3) is 0 Å². The van der Waals surface area contributed by atoms with Crippen molar-refractivity contribution in [2.24, 2.45) is 0 Å². The number of hydrogen-bond donors (Lipinski definition) is 0. The summed E-state index contributed by atoms with van der Waals surface area (Å²) in [4.78, 5) is 0. The fourth-order valence-corrected chi connectivity index (χ4v) is 2.35. The highest BCUT2D eigenvalue weighted by Gasteiger charge is 2.08. The van der Waals surface area contributed by atoms with Crippen molar-refractivity contribution in [2.75, 3.05) is 6.61 Å². The summed E-state index contributed by atoms with van der Waals surface area (Å²) in [6.45, 7) is 4.78. The van der Waals surface area contributed by atoms with Gasteiger partial charge in [-0.3, -0.25) is 0 Å². The molecule has 0 unspecified atom stereocenters. The molecule has 0 saturated carbocycles. The average molecular weight is 353 g/mol. The van der Waals surface area contributed by atoms with E-state index >= 15 is 0 Å². The molecule has 112 valence electrons. The molecule has 0 atom stereocenters. The van der Waals surface area contributed by atoms with Crippen molar-refractivity contribution in [3.05, 3.63) is 58.9 Å². The summed E-state index contributed by atoms with van der Waals surface area (Å²) in [5.41, 5.74) is 2.97. The average Bonchev–Trinajstić information content (AvgIpc) is 2.47. The van der Waals surface area contributed by atoms with E-state index in [1.54, 1.807) is 6.07 Å². The molecule has 0 aliphatic rings. The maximum atomic E-state index is 13.1. The fraction of sp³-hybridized carbons (Fsp3) is 0.294. The van der Waals surface area contributed by atoms with E-state index in [9.17, 15) is 4.39 Å². The minimum Gasteiger partial charge on any atom is -0.490 e. The Hall–Kier alpha value is -1.55. The van der Waals surface area contributed by atoms with Crippen LogP contribution in [0.5, 0.6) is 11.5 Å². The van der Waals surface area contributed by atoms with E-state index in [0.717, 1.165) is 27.8 Å². The third-order valence-electron chi connectivity index (χ3n) is 3.15. The number of hydrogen-bond acceptors (Lipinski definition) is 2. The van der Waals surface area contributed by atoms with Crippen LogP contribution >= 0.6 is 15.9 Å². The minimum absolute atomic E-state index is 0.229. The Morgan fingerprint density at radius 2 is 1.86 bits per heavy atom.